The van der Waals surface area contributed by atoms with Crippen LogP contribution in [0.15, 0.2) is 12.3 Å². The second-order valence-corrected chi connectivity index (χ2v) is 4.93. The van der Waals surface area contributed by atoms with E-state index in [1.807, 2.05) is 0 Å². The van der Waals surface area contributed by atoms with E-state index in [-0.39, 0.29) is 18.2 Å². The summed E-state index contributed by atoms with van der Waals surface area (Å²) in [6, 6.07) is 0.722. The highest BCUT2D eigenvalue weighted by molar-refractivity contribution is 5.63. The van der Waals surface area contributed by atoms with E-state index < -0.39 is 22.5 Å². The quantitative estimate of drug-likeness (QED) is 0.681. The molecule has 6 nitrogen and oxygen atoms in total. The van der Waals surface area contributed by atoms with E-state index in [0.29, 0.717) is 32.1 Å². The first-order chi connectivity index (χ1) is 9.82. The highest BCUT2D eigenvalue weighted by atomic mass is 19.4. The molecule has 0 spiro atoms. The highest BCUT2D eigenvalue weighted by Crippen LogP contribution is 2.37. The summed E-state index contributed by atoms with van der Waals surface area (Å²) in [6.07, 6.45) is -2.78. The maximum absolute atomic E-state index is 12.7. The third-order valence-electron chi connectivity index (χ3n) is 3.51. The molecule has 0 radical (unpaired) electrons. The van der Waals surface area contributed by atoms with Crippen LogP contribution in [0.3, 0.4) is 0 Å². The van der Waals surface area contributed by atoms with Gasteiger partial charge in [-0.1, -0.05) is 0 Å². The third kappa shape index (κ3) is 3.41. The zero-order valence-electron chi connectivity index (χ0n) is 11.0. The molecule has 1 saturated heterocycles. The van der Waals surface area contributed by atoms with Crippen LogP contribution in [0.2, 0.25) is 0 Å². The van der Waals surface area contributed by atoms with Gasteiger partial charge in [0.2, 0.25) is 0 Å². The Labute approximate surface area is 118 Å². The van der Waals surface area contributed by atoms with Crippen molar-refractivity contribution in [3.8, 4) is 0 Å². The zero-order valence-corrected chi connectivity index (χ0v) is 11.0. The number of halogens is 3. The van der Waals surface area contributed by atoms with Crippen LogP contribution in [0.4, 0.5) is 24.5 Å². The van der Waals surface area contributed by atoms with E-state index >= 15 is 0 Å². The number of alkyl halides is 3. The summed E-state index contributed by atoms with van der Waals surface area (Å²) in [7, 11) is 0. The van der Waals surface area contributed by atoms with Gasteiger partial charge < -0.3 is 10.0 Å². The molecule has 1 aromatic rings. The van der Waals surface area contributed by atoms with Gasteiger partial charge in [-0.25, -0.2) is 4.98 Å². The first-order valence-corrected chi connectivity index (χ1v) is 6.40. The molecule has 0 aliphatic carbocycles. The summed E-state index contributed by atoms with van der Waals surface area (Å²) in [5.74, 6) is 0.122. The lowest BCUT2D eigenvalue weighted by atomic mass is 10.1. The fraction of sp³-hybridized carbons (Fsp3) is 0.583. The number of hydrogen-bond acceptors (Lipinski definition) is 5. The van der Waals surface area contributed by atoms with Crippen LogP contribution >= 0.6 is 0 Å². The average molecular weight is 305 g/mol. The largest absolute Gasteiger partial charge is 0.433 e. The van der Waals surface area contributed by atoms with Crippen molar-refractivity contribution in [3.05, 3.63) is 28.1 Å². The lowest BCUT2D eigenvalue weighted by Crippen LogP contribution is -2.22. The van der Waals surface area contributed by atoms with Crippen molar-refractivity contribution in [1.82, 2.24) is 4.98 Å². The number of pyridine rings is 1. The first kappa shape index (κ1) is 15.5. The molecule has 0 aromatic carbocycles. The predicted molar refractivity (Wildman–Crippen MR) is 67.9 cm³/mol. The van der Waals surface area contributed by atoms with E-state index in [4.69, 9.17) is 5.11 Å². The normalized spacial score (nSPS) is 19.0. The van der Waals surface area contributed by atoms with Gasteiger partial charge in [0.05, 0.1) is 4.92 Å². The number of hydrogen-bond donors (Lipinski definition) is 1. The van der Waals surface area contributed by atoms with Crippen molar-refractivity contribution >= 4 is 11.4 Å². The molecule has 0 saturated carbocycles. The predicted octanol–water partition coefficient (Wildman–Crippen LogP) is 2.22. The minimum absolute atomic E-state index is 0.00918. The summed E-state index contributed by atoms with van der Waals surface area (Å²) in [5, 5.41) is 19.9. The lowest BCUT2D eigenvalue weighted by Gasteiger charge is -2.19. The molecule has 2 heterocycles. The van der Waals surface area contributed by atoms with Crippen LogP contribution in [0.25, 0.3) is 0 Å². The Morgan fingerprint density at radius 1 is 1.52 bits per heavy atom. The molecule has 1 aliphatic rings. The summed E-state index contributed by atoms with van der Waals surface area (Å²) in [4.78, 5) is 14.9. The molecule has 1 aliphatic heterocycles. The van der Waals surface area contributed by atoms with Crippen molar-refractivity contribution < 1.29 is 23.2 Å². The average Bonchev–Trinajstić information content (AvgIpc) is 2.86. The second kappa shape index (κ2) is 5.84. The SMILES string of the molecule is O=[N+]([O-])c1cnc(C(F)(F)F)cc1N1CCC(CCO)C1. The van der Waals surface area contributed by atoms with Crippen LogP contribution in [0, 0.1) is 16.0 Å². The number of anilines is 1. The van der Waals surface area contributed by atoms with Crippen LogP contribution in [-0.4, -0.2) is 34.7 Å². The van der Waals surface area contributed by atoms with Crippen LogP contribution in [-0.2, 0) is 6.18 Å². The van der Waals surface area contributed by atoms with Gasteiger partial charge in [-0.05, 0) is 24.8 Å². The molecule has 0 amide bonds. The number of aliphatic hydroxyl groups excluding tert-OH is 1. The third-order valence-corrected chi connectivity index (χ3v) is 3.51. The van der Waals surface area contributed by atoms with Gasteiger partial charge in [-0.2, -0.15) is 13.2 Å². The number of rotatable bonds is 4. The Morgan fingerprint density at radius 2 is 2.24 bits per heavy atom. The number of nitrogens with zero attached hydrogens (tertiary/aromatic N) is 3. The zero-order chi connectivity index (χ0) is 15.6. The van der Waals surface area contributed by atoms with Gasteiger partial charge in [-0.3, -0.25) is 10.1 Å². The van der Waals surface area contributed by atoms with E-state index in [9.17, 15) is 23.3 Å². The minimum Gasteiger partial charge on any atom is -0.396 e. The van der Waals surface area contributed by atoms with Gasteiger partial charge in [0, 0.05) is 19.7 Å². The second-order valence-electron chi connectivity index (χ2n) is 4.93. The smallest absolute Gasteiger partial charge is 0.396 e. The van der Waals surface area contributed by atoms with Crippen LogP contribution in [0.1, 0.15) is 18.5 Å². The van der Waals surface area contributed by atoms with Gasteiger partial charge in [0.1, 0.15) is 17.6 Å². The molecule has 0 bridgehead atoms. The molecule has 9 heteroatoms. The molecule has 116 valence electrons. The molecule has 1 atom stereocenters. The fourth-order valence-corrected chi connectivity index (χ4v) is 2.46. The Balaban J connectivity index is 2.34. The van der Waals surface area contributed by atoms with Crippen molar-refractivity contribution in [2.75, 3.05) is 24.6 Å². The highest BCUT2D eigenvalue weighted by Gasteiger charge is 2.36. The monoisotopic (exact) mass is 305 g/mol. The van der Waals surface area contributed by atoms with E-state index in [2.05, 4.69) is 4.98 Å². The summed E-state index contributed by atoms with van der Waals surface area (Å²) >= 11 is 0. The van der Waals surface area contributed by atoms with Crippen molar-refractivity contribution in [2.45, 2.75) is 19.0 Å². The molecule has 1 fully saturated rings. The van der Waals surface area contributed by atoms with Gasteiger partial charge in [0.15, 0.2) is 0 Å². The molecule has 2 rings (SSSR count). The Kier molecular flexibility index (Phi) is 4.31. The van der Waals surface area contributed by atoms with Crippen LogP contribution < -0.4 is 4.90 Å². The molecular weight excluding hydrogens is 291 g/mol. The number of aliphatic hydroxyl groups is 1. The Hall–Kier alpha value is -1.90. The maximum atomic E-state index is 12.7. The topological polar surface area (TPSA) is 79.5 Å². The van der Waals surface area contributed by atoms with Crippen molar-refractivity contribution in [1.29, 1.82) is 0 Å². The molecule has 1 unspecified atom stereocenters. The summed E-state index contributed by atoms with van der Waals surface area (Å²) < 4.78 is 38.1. The minimum atomic E-state index is -4.64. The summed E-state index contributed by atoms with van der Waals surface area (Å²) in [5.41, 5.74) is -1.65. The molecule has 1 aromatic heterocycles. The van der Waals surface area contributed by atoms with E-state index in [1.165, 1.54) is 0 Å². The molecule has 21 heavy (non-hydrogen) atoms. The number of nitro groups is 1. The van der Waals surface area contributed by atoms with Gasteiger partial charge in [-0.15, -0.1) is 0 Å². The summed E-state index contributed by atoms with van der Waals surface area (Å²) in [6.45, 7) is 0.806. The lowest BCUT2D eigenvalue weighted by molar-refractivity contribution is -0.384. The maximum Gasteiger partial charge on any atom is 0.433 e. The van der Waals surface area contributed by atoms with Crippen molar-refractivity contribution in [2.24, 2.45) is 5.92 Å². The standard InChI is InChI=1S/C12H14F3N3O3/c13-12(14,15)11-5-9(10(6-16-11)18(20)21)17-3-1-8(7-17)2-4-19/h5-6,8,19H,1-4,7H2. The van der Waals surface area contributed by atoms with E-state index in [1.54, 1.807) is 4.90 Å². The fourth-order valence-electron chi connectivity index (χ4n) is 2.46. The Bertz CT molecular complexity index is 536. The molecular formula is C12H14F3N3O3. The van der Waals surface area contributed by atoms with Crippen LogP contribution in [0.5, 0.6) is 0 Å². The molecule has 1 N–H and O–H groups in total. The van der Waals surface area contributed by atoms with Gasteiger partial charge >= 0.3 is 11.9 Å². The van der Waals surface area contributed by atoms with E-state index in [0.717, 1.165) is 6.07 Å². The number of aromatic nitrogens is 1. The first-order valence-electron chi connectivity index (χ1n) is 6.40. The van der Waals surface area contributed by atoms with Crippen molar-refractivity contribution in [3.63, 3.8) is 0 Å². The van der Waals surface area contributed by atoms with Gasteiger partial charge in [0.25, 0.3) is 0 Å². The Morgan fingerprint density at radius 3 is 2.81 bits per heavy atom.